The summed E-state index contributed by atoms with van der Waals surface area (Å²) in [7, 11) is 0. The summed E-state index contributed by atoms with van der Waals surface area (Å²) in [5.41, 5.74) is 2.45. The Morgan fingerprint density at radius 3 is 2.58 bits per heavy atom. The molecule has 0 aromatic heterocycles. The van der Waals surface area contributed by atoms with E-state index in [-0.39, 0.29) is 5.82 Å². The summed E-state index contributed by atoms with van der Waals surface area (Å²) in [4.78, 5) is 11.0. The summed E-state index contributed by atoms with van der Waals surface area (Å²) >= 11 is 0. The molecule has 2 aromatic rings. The number of aryl methyl sites for hydroxylation is 1. The zero-order valence-corrected chi connectivity index (χ0v) is 10.9. The lowest BCUT2D eigenvalue weighted by Crippen LogP contribution is -2.07. The summed E-state index contributed by atoms with van der Waals surface area (Å²) < 4.78 is 14.1. The van der Waals surface area contributed by atoms with E-state index in [0.29, 0.717) is 22.3 Å². The highest BCUT2D eigenvalue weighted by Gasteiger charge is 2.15. The Bertz CT molecular complexity index is 620. The lowest BCUT2D eigenvalue weighted by atomic mass is 9.95. The number of carbonyl (C=O) groups is 1. The Kier molecular flexibility index (Phi) is 3.65. The van der Waals surface area contributed by atoms with Crippen LogP contribution in [0.3, 0.4) is 0 Å². The van der Waals surface area contributed by atoms with Crippen molar-refractivity contribution >= 4 is 5.97 Å². The van der Waals surface area contributed by atoms with Crippen LogP contribution in [-0.2, 0) is 4.79 Å². The van der Waals surface area contributed by atoms with Gasteiger partial charge in [0, 0.05) is 5.56 Å². The van der Waals surface area contributed by atoms with E-state index < -0.39 is 11.9 Å². The molecule has 0 bridgehead atoms. The highest BCUT2D eigenvalue weighted by Crippen LogP contribution is 2.27. The molecular formula is C16H15FO2. The molecule has 1 N–H and O–H groups in total. The van der Waals surface area contributed by atoms with E-state index in [9.17, 15) is 9.18 Å². The quantitative estimate of drug-likeness (QED) is 0.903. The molecule has 0 fully saturated rings. The minimum atomic E-state index is -0.887. The van der Waals surface area contributed by atoms with Gasteiger partial charge in [0.2, 0.25) is 0 Å². The van der Waals surface area contributed by atoms with E-state index in [0.717, 1.165) is 0 Å². The molecule has 0 spiro atoms. The Balaban J connectivity index is 2.49. The maximum Gasteiger partial charge on any atom is 0.310 e. The fourth-order valence-corrected chi connectivity index (χ4v) is 1.99. The third kappa shape index (κ3) is 2.65. The average molecular weight is 258 g/mol. The fraction of sp³-hybridized carbons (Fsp3) is 0.188. The average Bonchev–Trinajstić information content (AvgIpc) is 2.41. The highest BCUT2D eigenvalue weighted by atomic mass is 19.1. The van der Waals surface area contributed by atoms with Crippen LogP contribution in [0, 0.1) is 12.7 Å². The molecule has 1 atom stereocenters. The predicted octanol–water partition coefficient (Wildman–Crippen LogP) is 3.99. The van der Waals surface area contributed by atoms with Gasteiger partial charge in [-0.2, -0.15) is 0 Å². The number of carboxylic acid groups (broad SMARTS) is 1. The van der Waals surface area contributed by atoms with Crippen molar-refractivity contribution in [3.63, 3.8) is 0 Å². The normalized spacial score (nSPS) is 12.2. The van der Waals surface area contributed by atoms with E-state index in [4.69, 9.17) is 5.11 Å². The van der Waals surface area contributed by atoms with Crippen LogP contribution in [0.4, 0.5) is 4.39 Å². The van der Waals surface area contributed by atoms with E-state index in [1.54, 1.807) is 56.3 Å². The molecule has 19 heavy (non-hydrogen) atoms. The van der Waals surface area contributed by atoms with Crippen LogP contribution in [-0.4, -0.2) is 11.1 Å². The van der Waals surface area contributed by atoms with E-state index >= 15 is 0 Å². The van der Waals surface area contributed by atoms with Gasteiger partial charge in [-0.1, -0.05) is 42.5 Å². The van der Waals surface area contributed by atoms with Gasteiger partial charge in [0.25, 0.3) is 0 Å². The van der Waals surface area contributed by atoms with Crippen molar-refractivity contribution < 1.29 is 14.3 Å². The van der Waals surface area contributed by atoms with Crippen LogP contribution in [0.5, 0.6) is 0 Å². The van der Waals surface area contributed by atoms with Gasteiger partial charge in [0.15, 0.2) is 0 Å². The molecule has 0 radical (unpaired) electrons. The Morgan fingerprint density at radius 1 is 1.21 bits per heavy atom. The van der Waals surface area contributed by atoms with Crippen LogP contribution in [0.1, 0.15) is 24.0 Å². The molecule has 0 saturated carbocycles. The zero-order valence-electron chi connectivity index (χ0n) is 10.9. The summed E-state index contributed by atoms with van der Waals surface area (Å²) in [5, 5.41) is 9.02. The molecule has 0 saturated heterocycles. The SMILES string of the molecule is Cc1cccc(-c2cccc(C(C)C(=O)O)c2)c1F. The van der Waals surface area contributed by atoms with Crippen LogP contribution >= 0.6 is 0 Å². The first-order valence-corrected chi connectivity index (χ1v) is 6.09. The van der Waals surface area contributed by atoms with Crippen molar-refractivity contribution in [3.8, 4) is 11.1 Å². The minimum absolute atomic E-state index is 0.261. The Hall–Kier alpha value is -2.16. The number of carboxylic acids is 1. The van der Waals surface area contributed by atoms with Crippen molar-refractivity contribution in [3.05, 3.63) is 59.4 Å². The van der Waals surface area contributed by atoms with Crippen molar-refractivity contribution in [1.29, 1.82) is 0 Å². The maximum absolute atomic E-state index is 14.1. The molecule has 0 aliphatic rings. The highest BCUT2D eigenvalue weighted by molar-refractivity contribution is 5.77. The van der Waals surface area contributed by atoms with Crippen LogP contribution in [0.25, 0.3) is 11.1 Å². The zero-order chi connectivity index (χ0) is 14.0. The summed E-state index contributed by atoms with van der Waals surface area (Å²) in [6, 6.07) is 12.2. The molecular weight excluding hydrogens is 243 g/mol. The summed E-state index contributed by atoms with van der Waals surface area (Å²) in [6.07, 6.45) is 0. The second-order valence-electron chi connectivity index (χ2n) is 4.62. The van der Waals surface area contributed by atoms with E-state index in [1.165, 1.54) is 0 Å². The topological polar surface area (TPSA) is 37.3 Å². The van der Waals surface area contributed by atoms with Gasteiger partial charge in [-0.15, -0.1) is 0 Å². The van der Waals surface area contributed by atoms with E-state index in [2.05, 4.69) is 0 Å². The second-order valence-corrected chi connectivity index (χ2v) is 4.62. The molecule has 3 heteroatoms. The lowest BCUT2D eigenvalue weighted by Gasteiger charge is -2.10. The van der Waals surface area contributed by atoms with Gasteiger partial charge in [0.05, 0.1) is 5.92 Å². The standard InChI is InChI=1S/C16H15FO2/c1-10-5-3-8-14(15(10)17)13-7-4-6-12(9-13)11(2)16(18)19/h3-9,11H,1-2H3,(H,18,19). The minimum Gasteiger partial charge on any atom is -0.481 e. The molecule has 0 heterocycles. The molecule has 2 nitrogen and oxygen atoms in total. The number of aliphatic carboxylic acids is 1. The Morgan fingerprint density at radius 2 is 1.89 bits per heavy atom. The third-order valence-corrected chi connectivity index (χ3v) is 3.26. The first kappa shape index (κ1) is 13.3. The van der Waals surface area contributed by atoms with Gasteiger partial charge in [0.1, 0.15) is 5.82 Å². The molecule has 0 aliphatic carbocycles. The van der Waals surface area contributed by atoms with Gasteiger partial charge < -0.3 is 5.11 Å². The van der Waals surface area contributed by atoms with Gasteiger partial charge >= 0.3 is 5.97 Å². The van der Waals surface area contributed by atoms with Crippen LogP contribution < -0.4 is 0 Å². The number of hydrogen-bond donors (Lipinski definition) is 1. The molecule has 2 aromatic carbocycles. The number of benzene rings is 2. The molecule has 0 amide bonds. The lowest BCUT2D eigenvalue weighted by molar-refractivity contribution is -0.138. The third-order valence-electron chi connectivity index (χ3n) is 3.26. The first-order chi connectivity index (χ1) is 9.00. The van der Waals surface area contributed by atoms with Crippen molar-refractivity contribution in [2.24, 2.45) is 0 Å². The number of halogens is 1. The molecule has 2 rings (SSSR count). The second kappa shape index (κ2) is 5.22. The van der Waals surface area contributed by atoms with Crippen molar-refractivity contribution in [2.75, 3.05) is 0 Å². The number of rotatable bonds is 3. The molecule has 0 aliphatic heterocycles. The van der Waals surface area contributed by atoms with Crippen molar-refractivity contribution in [1.82, 2.24) is 0 Å². The molecule has 1 unspecified atom stereocenters. The van der Waals surface area contributed by atoms with Crippen LogP contribution in [0.15, 0.2) is 42.5 Å². The summed E-state index contributed by atoms with van der Waals surface area (Å²) in [6.45, 7) is 3.33. The smallest absolute Gasteiger partial charge is 0.310 e. The monoisotopic (exact) mass is 258 g/mol. The molecule has 98 valence electrons. The Labute approximate surface area is 111 Å². The van der Waals surface area contributed by atoms with Gasteiger partial charge in [-0.3, -0.25) is 4.79 Å². The van der Waals surface area contributed by atoms with E-state index in [1.807, 2.05) is 0 Å². The summed E-state index contributed by atoms with van der Waals surface area (Å²) in [5.74, 6) is -1.75. The van der Waals surface area contributed by atoms with Gasteiger partial charge in [-0.05, 0) is 30.5 Å². The predicted molar refractivity (Wildman–Crippen MR) is 72.6 cm³/mol. The van der Waals surface area contributed by atoms with Crippen molar-refractivity contribution in [2.45, 2.75) is 19.8 Å². The van der Waals surface area contributed by atoms with Crippen LogP contribution in [0.2, 0.25) is 0 Å². The number of hydrogen-bond acceptors (Lipinski definition) is 1. The van der Waals surface area contributed by atoms with Gasteiger partial charge in [-0.25, -0.2) is 4.39 Å². The first-order valence-electron chi connectivity index (χ1n) is 6.09. The largest absolute Gasteiger partial charge is 0.481 e. The fourth-order valence-electron chi connectivity index (χ4n) is 1.99. The maximum atomic E-state index is 14.1.